The zero-order chi connectivity index (χ0) is 22.1. The molecule has 3 unspecified atom stereocenters. The van der Waals surface area contributed by atoms with Crippen LogP contribution in [0.3, 0.4) is 0 Å². The lowest BCUT2D eigenvalue weighted by molar-refractivity contribution is -0.149. The molecule has 0 bridgehead atoms. The number of benzene rings is 2. The van der Waals surface area contributed by atoms with Gasteiger partial charge in [0, 0.05) is 12.0 Å². The summed E-state index contributed by atoms with van der Waals surface area (Å²) in [5, 5.41) is 0. The second-order valence-corrected chi connectivity index (χ2v) is 9.24. The monoisotopic (exact) mass is 433 g/mol. The smallest absolute Gasteiger partial charge is 0.410 e. The fraction of sp³-hybridized carbons (Fsp3) is 0.481. The fourth-order valence-electron chi connectivity index (χ4n) is 5.90. The van der Waals surface area contributed by atoms with Crippen LogP contribution < -0.4 is 0 Å². The van der Waals surface area contributed by atoms with Gasteiger partial charge in [-0.1, -0.05) is 68.3 Å². The van der Waals surface area contributed by atoms with Crippen LogP contribution in [0.5, 0.6) is 0 Å². The predicted octanol–water partition coefficient (Wildman–Crippen LogP) is 5.52. The molecule has 0 N–H and O–H groups in total. The van der Waals surface area contributed by atoms with Gasteiger partial charge in [-0.2, -0.15) is 0 Å². The molecule has 2 aromatic carbocycles. The highest BCUT2D eigenvalue weighted by Gasteiger charge is 2.49. The lowest BCUT2D eigenvalue weighted by Gasteiger charge is -2.32. The molecule has 1 heterocycles. The second-order valence-electron chi connectivity index (χ2n) is 9.24. The first-order valence-corrected chi connectivity index (χ1v) is 12.0. The van der Waals surface area contributed by atoms with Gasteiger partial charge in [0.05, 0.1) is 6.61 Å². The summed E-state index contributed by atoms with van der Waals surface area (Å²) in [6.45, 7) is 2.64. The molecule has 1 saturated carbocycles. The Morgan fingerprint density at radius 1 is 0.938 bits per heavy atom. The van der Waals surface area contributed by atoms with Crippen molar-refractivity contribution >= 4 is 12.1 Å². The molecule has 0 radical (unpaired) electrons. The first-order valence-electron chi connectivity index (χ1n) is 12.0. The van der Waals surface area contributed by atoms with Gasteiger partial charge in [-0.25, -0.2) is 9.59 Å². The van der Waals surface area contributed by atoms with Crippen molar-refractivity contribution in [3.8, 4) is 11.1 Å². The topological polar surface area (TPSA) is 55.8 Å². The summed E-state index contributed by atoms with van der Waals surface area (Å²) in [6.07, 6.45) is 5.34. The van der Waals surface area contributed by atoms with Crippen LogP contribution in [-0.4, -0.2) is 42.3 Å². The van der Waals surface area contributed by atoms with Crippen LogP contribution in [0.25, 0.3) is 11.1 Å². The fourth-order valence-corrected chi connectivity index (χ4v) is 5.90. The van der Waals surface area contributed by atoms with E-state index in [1.807, 2.05) is 31.2 Å². The number of esters is 1. The first-order chi connectivity index (χ1) is 15.7. The molecule has 3 aliphatic rings. The van der Waals surface area contributed by atoms with E-state index in [1.54, 1.807) is 4.90 Å². The van der Waals surface area contributed by atoms with Crippen LogP contribution in [-0.2, 0) is 14.3 Å². The van der Waals surface area contributed by atoms with E-state index in [0.29, 0.717) is 18.9 Å². The van der Waals surface area contributed by atoms with Gasteiger partial charge in [-0.05, 0) is 53.9 Å². The first kappa shape index (κ1) is 21.0. The number of rotatable bonds is 5. The standard InChI is InChI=1S/C27H31NO4/c1-2-15-31-26(29)25-16-18-9-3-8-14-24(18)28(25)27(30)32-17-23-21-12-6-4-10-19(21)20-11-5-7-13-22(20)23/h4-7,10-13,18,23-25H,2-3,8-9,14-17H2,1H3. The number of fused-ring (bicyclic) bond motifs is 4. The quantitative estimate of drug-likeness (QED) is 0.583. The molecule has 32 heavy (non-hydrogen) atoms. The summed E-state index contributed by atoms with van der Waals surface area (Å²) in [5.41, 5.74) is 4.80. The van der Waals surface area contributed by atoms with Gasteiger partial charge in [0.2, 0.25) is 0 Å². The second kappa shape index (κ2) is 8.97. The average Bonchev–Trinajstić information content (AvgIpc) is 3.37. The van der Waals surface area contributed by atoms with Crippen molar-refractivity contribution in [1.29, 1.82) is 0 Å². The highest BCUT2D eigenvalue weighted by molar-refractivity contribution is 5.83. The van der Waals surface area contributed by atoms with Crippen LogP contribution in [0.1, 0.15) is 62.5 Å². The number of ether oxygens (including phenoxy) is 2. The number of carbonyl (C=O) groups is 2. The minimum Gasteiger partial charge on any atom is -0.464 e. The van der Waals surface area contributed by atoms with E-state index in [1.165, 1.54) is 22.3 Å². The summed E-state index contributed by atoms with van der Waals surface area (Å²) in [6, 6.07) is 16.2. The Labute approximate surface area is 189 Å². The largest absolute Gasteiger partial charge is 0.464 e. The Morgan fingerprint density at radius 2 is 1.59 bits per heavy atom. The van der Waals surface area contributed by atoms with Gasteiger partial charge in [0.25, 0.3) is 0 Å². The average molecular weight is 434 g/mol. The van der Waals surface area contributed by atoms with E-state index < -0.39 is 6.04 Å². The van der Waals surface area contributed by atoms with Crippen molar-refractivity contribution in [1.82, 2.24) is 4.90 Å². The van der Waals surface area contributed by atoms with Crippen molar-refractivity contribution in [2.24, 2.45) is 5.92 Å². The van der Waals surface area contributed by atoms with Crippen LogP contribution in [0.15, 0.2) is 48.5 Å². The molecule has 1 aliphatic heterocycles. The van der Waals surface area contributed by atoms with Crippen molar-refractivity contribution < 1.29 is 19.1 Å². The molecule has 3 atom stereocenters. The lowest BCUT2D eigenvalue weighted by Crippen LogP contribution is -2.47. The molecular weight excluding hydrogens is 402 g/mol. The Bertz CT molecular complexity index is 957. The van der Waals surface area contributed by atoms with Crippen LogP contribution >= 0.6 is 0 Å². The molecule has 1 saturated heterocycles. The number of hydrogen-bond donors (Lipinski definition) is 0. The minimum absolute atomic E-state index is 0.0154. The van der Waals surface area contributed by atoms with E-state index in [2.05, 4.69) is 24.3 Å². The molecule has 5 rings (SSSR count). The van der Waals surface area contributed by atoms with Crippen molar-refractivity contribution in [3.05, 3.63) is 59.7 Å². The Morgan fingerprint density at radius 3 is 2.28 bits per heavy atom. The minimum atomic E-state index is -0.523. The van der Waals surface area contributed by atoms with Crippen LogP contribution in [0.4, 0.5) is 4.79 Å². The molecule has 5 heteroatoms. The summed E-state index contributed by atoms with van der Waals surface area (Å²) < 4.78 is 11.4. The summed E-state index contributed by atoms with van der Waals surface area (Å²) in [7, 11) is 0. The van der Waals surface area contributed by atoms with Crippen LogP contribution in [0.2, 0.25) is 0 Å². The van der Waals surface area contributed by atoms with Crippen molar-refractivity contribution in [2.45, 2.75) is 63.5 Å². The molecule has 168 valence electrons. The number of likely N-dealkylation sites (tertiary alicyclic amines) is 1. The van der Waals surface area contributed by atoms with Gasteiger partial charge in [0.15, 0.2) is 0 Å². The molecular formula is C27H31NO4. The molecule has 0 spiro atoms. The van der Waals surface area contributed by atoms with E-state index in [-0.39, 0.29) is 30.6 Å². The van der Waals surface area contributed by atoms with Gasteiger partial charge < -0.3 is 9.47 Å². The van der Waals surface area contributed by atoms with Gasteiger partial charge >= 0.3 is 12.1 Å². The summed E-state index contributed by atoms with van der Waals surface area (Å²) in [5.74, 6) is 0.0970. The Balaban J connectivity index is 1.35. The molecule has 2 aliphatic carbocycles. The zero-order valence-corrected chi connectivity index (χ0v) is 18.7. The van der Waals surface area contributed by atoms with E-state index in [0.717, 1.165) is 32.1 Å². The highest BCUT2D eigenvalue weighted by Crippen LogP contribution is 2.45. The van der Waals surface area contributed by atoms with E-state index in [9.17, 15) is 9.59 Å². The maximum absolute atomic E-state index is 13.4. The van der Waals surface area contributed by atoms with Gasteiger partial charge in [-0.15, -0.1) is 0 Å². The molecule has 1 amide bonds. The molecule has 2 fully saturated rings. The Hall–Kier alpha value is -2.82. The zero-order valence-electron chi connectivity index (χ0n) is 18.7. The predicted molar refractivity (Wildman–Crippen MR) is 122 cm³/mol. The van der Waals surface area contributed by atoms with Crippen molar-refractivity contribution in [2.75, 3.05) is 13.2 Å². The summed E-state index contributed by atoms with van der Waals surface area (Å²) in [4.78, 5) is 27.9. The van der Waals surface area contributed by atoms with Crippen molar-refractivity contribution in [3.63, 3.8) is 0 Å². The van der Waals surface area contributed by atoms with Crippen LogP contribution in [0, 0.1) is 5.92 Å². The Kier molecular flexibility index (Phi) is 5.90. The highest BCUT2D eigenvalue weighted by atomic mass is 16.6. The number of carbonyl (C=O) groups excluding carboxylic acids is 2. The SMILES string of the molecule is CCCOC(=O)C1CC2CCCCC2N1C(=O)OCC1c2ccccc2-c2ccccc21. The van der Waals surface area contributed by atoms with Gasteiger partial charge in [-0.3, -0.25) is 4.90 Å². The third kappa shape index (κ3) is 3.68. The lowest BCUT2D eigenvalue weighted by atomic mass is 9.85. The normalized spacial score (nSPS) is 23.9. The number of amides is 1. The van der Waals surface area contributed by atoms with E-state index >= 15 is 0 Å². The summed E-state index contributed by atoms with van der Waals surface area (Å²) >= 11 is 0. The van der Waals surface area contributed by atoms with Gasteiger partial charge in [0.1, 0.15) is 12.6 Å². The van der Waals surface area contributed by atoms with E-state index in [4.69, 9.17) is 9.47 Å². The third-order valence-electron chi connectivity index (χ3n) is 7.36. The maximum Gasteiger partial charge on any atom is 0.410 e. The molecule has 5 nitrogen and oxygen atoms in total. The number of nitrogens with zero attached hydrogens (tertiary/aromatic N) is 1. The molecule has 2 aromatic rings. The third-order valence-corrected chi connectivity index (χ3v) is 7.36. The molecule has 0 aromatic heterocycles. The number of hydrogen-bond acceptors (Lipinski definition) is 4. The maximum atomic E-state index is 13.4.